The minimum atomic E-state index is -1.12. The van der Waals surface area contributed by atoms with Gasteiger partial charge < -0.3 is 20.7 Å². The van der Waals surface area contributed by atoms with E-state index in [1.54, 1.807) is 0 Å². The van der Waals surface area contributed by atoms with E-state index in [2.05, 4.69) is 0 Å². The number of hydrogen-bond donors (Lipinski definition) is 3. The zero-order valence-corrected chi connectivity index (χ0v) is 8.52. The number of ether oxygens (including phenoxy) is 1. The van der Waals surface area contributed by atoms with E-state index in [4.69, 9.17) is 20.7 Å². The molecule has 0 radical (unpaired) electrons. The molecule has 0 aromatic rings. The van der Waals surface area contributed by atoms with Gasteiger partial charge in [0.25, 0.3) is 0 Å². The first kappa shape index (κ1) is 18.2. The molecule has 0 aliphatic heterocycles. The molecule has 4 N–H and O–H groups in total. The van der Waals surface area contributed by atoms with Crippen LogP contribution < -0.4 is 5.73 Å². The molecule has 7 heteroatoms. The molecule has 0 amide bonds. The van der Waals surface area contributed by atoms with E-state index in [0.29, 0.717) is 12.8 Å². The van der Waals surface area contributed by atoms with Crippen LogP contribution in [0.25, 0.3) is 0 Å². The molecule has 1 atom stereocenters. The molecule has 0 aromatic heterocycles. The van der Waals surface area contributed by atoms with Gasteiger partial charge in [-0.05, 0) is 19.3 Å². The van der Waals surface area contributed by atoms with Crippen LogP contribution in [-0.4, -0.2) is 71.0 Å². The number of aliphatic hydroxyl groups excluding tert-OH is 1. The van der Waals surface area contributed by atoms with Crippen molar-refractivity contribution in [1.82, 2.24) is 0 Å². The molecule has 0 rings (SSSR count). The van der Waals surface area contributed by atoms with Crippen molar-refractivity contribution in [3.05, 3.63) is 0 Å². The van der Waals surface area contributed by atoms with Gasteiger partial charge in [0.2, 0.25) is 0 Å². The number of carbonyl (C=O) groups excluding carboxylic acids is 1. The number of carboxylic acid groups (broad SMARTS) is 1. The van der Waals surface area contributed by atoms with E-state index in [1.807, 2.05) is 0 Å². The average Bonchev–Trinajstić information content (AvgIpc) is 2.20. The number of nitrogens with two attached hydrogens (primary N) is 1. The first-order valence-corrected chi connectivity index (χ1v) is 4.82. The number of esters is 1. The molecular weight excluding hydrogens is 225 g/mol. The first-order valence-electron chi connectivity index (χ1n) is 4.82. The minimum absolute atomic E-state index is 0. The zero-order chi connectivity index (χ0) is 11.7. The Hall–Kier alpha value is -0.140. The third kappa shape index (κ3) is 10.4. The van der Waals surface area contributed by atoms with Crippen molar-refractivity contribution in [2.45, 2.75) is 31.7 Å². The second kappa shape index (κ2) is 11.3. The summed E-state index contributed by atoms with van der Waals surface area (Å²) in [5.41, 5.74) is 5.20. The van der Waals surface area contributed by atoms with E-state index < -0.39 is 18.0 Å². The molecule has 0 spiro atoms. The maximum absolute atomic E-state index is 11.0. The van der Waals surface area contributed by atoms with E-state index in [0.717, 1.165) is 0 Å². The van der Waals surface area contributed by atoms with Crippen molar-refractivity contribution in [1.29, 1.82) is 0 Å². The van der Waals surface area contributed by atoms with Crippen LogP contribution in [0, 0.1) is 0 Å². The van der Waals surface area contributed by atoms with Crippen molar-refractivity contribution in [3.63, 3.8) is 0 Å². The van der Waals surface area contributed by atoms with Crippen molar-refractivity contribution < 1.29 is 24.5 Å². The quantitative estimate of drug-likeness (QED) is 0.282. The second-order valence-electron chi connectivity index (χ2n) is 3.13. The van der Waals surface area contributed by atoms with Gasteiger partial charge in [0, 0.05) is 13.0 Å². The zero-order valence-electron chi connectivity index (χ0n) is 8.52. The molecule has 6 nitrogen and oxygen atoms in total. The van der Waals surface area contributed by atoms with Gasteiger partial charge in [0.1, 0.15) is 6.04 Å². The third-order valence-corrected chi connectivity index (χ3v) is 1.79. The van der Waals surface area contributed by atoms with Gasteiger partial charge in [0.05, 0.1) is 6.61 Å². The SMILES string of the molecule is N[C@@H](CCC(=O)OCCCCO)C(=O)O.[NaH]. The first-order chi connectivity index (χ1) is 7.07. The summed E-state index contributed by atoms with van der Waals surface area (Å²) >= 11 is 0. The topological polar surface area (TPSA) is 110 Å². The number of rotatable bonds is 8. The Morgan fingerprint density at radius 1 is 1.31 bits per heavy atom. The van der Waals surface area contributed by atoms with Gasteiger partial charge in [-0.15, -0.1) is 0 Å². The van der Waals surface area contributed by atoms with Gasteiger partial charge in [-0.3, -0.25) is 9.59 Å². The van der Waals surface area contributed by atoms with Gasteiger partial charge in [0.15, 0.2) is 0 Å². The molecule has 0 saturated heterocycles. The fourth-order valence-electron chi connectivity index (χ4n) is 0.869. The van der Waals surface area contributed by atoms with E-state index in [1.165, 1.54) is 0 Å². The van der Waals surface area contributed by atoms with Crippen LogP contribution in [0.2, 0.25) is 0 Å². The predicted octanol–water partition coefficient (Wildman–Crippen LogP) is -1.15. The molecule has 0 aliphatic rings. The molecule has 0 saturated carbocycles. The van der Waals surface area contributed by atoms with E-state index >= 15 is 0 Å². The third-order valence-electron chi connectivity index (χ3n) is 1.79. The summed E-state index contributed by atoms with van der Waals surface area (Å²) in [6, 6.07) is -1.02. The predicted molar refractivity (Wildman–Crippen MR) is 59.3 cm³/mol. The summed E-state index contributed by atoms with van der Waals surface area (Å²) in [6.07, 6.45) is 1.27. The molecule has 0 bridgehead atoms. The maximum atomic E-state index is 11.0. The number of aliphatic carboxylic acids is 1. The van der Waals surface area contributed by atoms with Crippen molar-refractivity contribution >= 4 is 41.5 Å². The second-order valence-corrected chi connectivity index (χ2v) is 3.13. The number of aliphatic hydroxyl groups is 1. The Bertz CT molecular complexity index is 212. The van der Waals surface area contributed by atoms with E-state index in [-0.39, 0.29) is 55.6 Å². The Morgan fingerprint density at radius 3 is 2.44 bits per heavy atom. The number of unbranched alkanes of at least 4 members (excludes halogenated alkanes) is 1. The average molecular weight is 243 g/mol. The van der Waals surface area contributed by atoms with Gasteiger partial charge in [-0.2, -0.15) is 0 Å². The monoisotopic (exact) mass is 243 g/mol. The summed E-state index contributed by atoms with van der Waals surface area (Å²) in [5.74, 6) is -1.58. The Morgan fingerprint density at radius 2 is 1.94 bits per heavy atom. The van der Waals surface area contributed by atoms with Crippen LogP contribution in [0.5, 0.6) is 0 Å². The Kier molecular flexibility index (Phi) is 12.9. The summed E-state index contributed by atoms with van der Waals surface area (Å²) < 4.78 is 4.78. The summed E-state index contributed by atoms with van der Waals surface area (Å²) in [4.78, 5) is 21.3. The Labute approximate surface area is 116 Å². The molecule has 0 unspecified atom stereocenters. The summed E-state index contributed by atoms with van der Waals surface area (Å²) in [6.45, 7) is 0.323. The normalized spacial score (nSPS) is 11.4. The van der Waals surface area contributed by atoms with Gasteiger partial charge in [-0.1, -0.05) is 0 Å². The molecule has 0 fully saturated rings. The summed E-state index contributed by atoms with van der Waals surface area (Å²) in [5, 5.41) is 16.9. The molecule has 0 aliphatic carbocycles. The van der Waals surface area contributed by atoms with Crippen LogP contribution in [-0.2, 0) is 14.3 Å². The standard InChI is InChI=1S/C9H17NO5.Na.H/c10-7(9(13)14)3-4-8(12)15-6-2-1-5-11;;/h7,11H,1-6,10H2,(H,13,14);;/t7-;;/m0../s1. The number of hydrogen-bond acceptors (Lipinski definition) is 5. The van der Waals surface area contributed by atoms with Crippen LogP contribution in [0.4, 0.5) is 0 Å². The molecule has 90 valence electrons. The van der Waals surface area contributed by atoms with Crippen molar-refractivity contribution in [2.75, 3.05) is 13.2 Å². The molecule has 0 aromatic carbocycles. The molecule has 16 heavy (non-hydrogen) atoms. The number of carboxylic acids is 1. The molecule has 0 heterocycles. The Balaban J connectivity index is 0. The van der Waals surface area contributed by atoms with Crippen LogP contribution >= 0.6 is 0 Å². The van der Waals surface area contributed by atoms with Gasteiger partial charge in [-0.25, -0.2) is 0 Å². The van der Waals surface area contributed by atoms with Crippen molar-refractivity contribution in [2.24, 2.45) is 5.73 Å². The van der Waals surface area contributed by atoms with E-state index in [9.17, 15) is 9.59 Å². The number of carbonyl (C=O) groups is 2. The van der Waals surface area contributed by atoms with Gasteiger partial charge >= 0.3 is 41.5 Å². The fraction of sp³-hybridized carbons (Fsp3) is 0.778. The van der Waals surface area contributed by atoms with Crippen molar-refractivity contribution in [3.8, 4) is 0 Å². The molecular formula is C9H18NNaO5. The fourth-order valence-corrected chi connectivity index (χ4v) is 0.869. The van der Waals surface area contributed by atoms with Crippen LogP contribution in [0.3, 0.4) is 0 Å². The van der Waals surface area contributed by atoms with Crippen LogP contribution in [0.1, 0.15) is 25.7 Å². The van der Waals surface area contributed by atoms with Crippen LogP contribution in [0.15, 0.2) is 0 Å². The summed E-state index contributed by atoms with van der Waals surface area (Å²) in [7, 11) is 0.